The molecular formula is C31H36Cl2F3N3O2. The lowest BCUT2D eigenvalue weighted by molar-refractivity contribution is -0.123. The SMILES string of the molecule is CC(C)(C)C[C@H]1N[C@@H](C(=O)CC2CCN(CCF)C[C@@H]2F)[C@H](c2cccc(Cl)c2F)[C@@]12C(=O)Nc1cc(Cl)ccc12. The van der Waals surface area contributed by atoms with Gasteiger partial charge in [0.2, 0.25) is 5.91 Å². The number of fused-ring (bicyclic) bond motifs is 2. The molecule has 41 heavy (non-hydrogen) atoms. The van der Waals surface area contributed by atoms with E-state index >= 15 is 8.78 Å². The molecule has 0 aliphatic carbocycles. The van der Waals surface area contributed by atoms with Crippen LogP contribution in [-0.2, 0) is 15.0 Å². The highest BCUT2D eigenvalue weighted by molar-refractivity contribution is 6.31. The van der Waals surface area contributed by atoms with E-state index < -0.39 is 48.0 Å². The van der Waals surface area contributed by atoms with Gasteiger partial charge < -0.3 is 10.6 Å². The highest BCUT2D eigenvalue weighted by atomic mass is 35.5. The minimum atomic E-state index is -1.35. The number of anilines is 1. The van der Waals surface area contributed by atoms with Crippen molar-refractivity contribution in [2.45, 2.75) is 69.6 Å². The Hall–Kier alpha value is -2.13. The van der Waals surface area contributed by atoms with Crippen molar-refractivity contribution in [3.05, 3.63) is 63.4 Å². The third-order valence-electron chi connectivity index (χ3n) is 8.91. The normalized spacial score (nSPS) is 30.0. The van der Waals surface area contributed by atoms with Gasteiger partial charge in [-0.05, 0) is 60.0 Å². The van der Waals surface area contributed by atoms with E-state index in [1.54, 1.807) is 35.2 Å². The monoisotopic (exact) mass is 609 g/mol. The number of hydrogen-bond donors (Lipinski definition) is 2. The van der Waals surface area contributed by atoms with Gasteiger partial charge in [0.05, 0.1) is 11.1 Å². The largest absolute Gasteiger partial charge is 0.325 e. The van der Waals surface area contributed by atoms with Crippen molar-refractivity contribution in [3.63, 3.8) is 0 Å². The number of carbonyl (C=O) groups is 2. The fourth-order valence-corrected chi connectivity index (χ4v) is 7.51. The molecule has 3 heterocycles. The number of carbonyl (C=O) groups excluding carboxylic acids is 2. The first-order chi connectivity index (χ1) is 19.4. The summed E-state index contributed by atoms with van der Waals surface area (Å²) in [6, 6.07) is 8.22. The molecule has 1 unspecified atom stereocenters. The van der Waals surface area contributed by atoms with E-state index in [9.17, 15) is 14.0 Å². The molecule has 2 aromatic carbocycles. The molecule has 0 saturated carbocycles. The smallest absolute Gasteiger partial charge is 0.237 e. The van der Waals surface area contributed by atoms with Gasteiger partial charge in [0.15, 0.2) is 5.78 Å². The summed E-state index contributed by atoms with van der Waals surface area (Å²) in [4.78, 5) is 30.1. The molecule has 0 aromatic heterocycles. The number of Topliss-reactive ketones (excluding diaryl/α,β-unsaturated/α-hetero) is 1. The van der Waals surface area contributed by atoms with Crippen LogP contribution in [0.15, 0.2) is 36.4 Å². The first-order valence-corrected chi connectivity index (χ1v) is 14.9. The molecule has 0 radical (unpaired) electrons. The molecule has 1 spiro atoms. The van der Waals surface area contributed by atoms with Gasteiger partial charge in [-0.3, -0.25) is 14.5 Å². The molecule has 5 nitrogen and oxygen atoms in total. The van der Waals surface area contributed by atoms with Gasteiger partial charge in [-0.15, -0.1) is 0 Å². The summed E-state index contributed by atoms with van der Waals surface area (Å²) in [6.45, 7) is 6.31. The molecule has 2 fully saturated rings. The highest BCUT2D eigenvalue weighted by Gasteiger charge is 2.66. The van der Waals surface area contributed by atoms with Crippen LogP contribution in [0.25, 0.3) is 0 Å². The third kappa shape index (κ3) is 5.53. The van der Waals surface area contributed by atoms with Gasteiger partial charge in [0, 0.05) is 42.2 Å². The van der Waals surface area contributed by atoms with Crippen molar-refractivity contribution in [1.29, 1.82) is 0 Å². The summed E-state index contributed by atoms with van der Waals surface area (Å²) >= 11 is 12.5. The maximum atomic E-state index is 15.9. The van der Waals surface area contributed by atoms with E-state index in [2.05, 4.69) is 10.6 Å². The van der Waals surface area contributed by atoms with E-state index in [-0.39, 0.29) is 47.2 Å². The number of alkyl halides is 2. The summed E-state index contributed by atoms with van der Waals surface area (Å²) in [5.74, 6) is -2.82. The first-order valence-electron chi connectivity index (χ1n) is 14.1. The van der Waals surface area contributed by atoms with Crippen LogP contribution in [-0.4, -0.2) is 61.2 Å². The van der Waals surface area contributed by atoms with Crippen LogP contribution in [0.3, 0.4) is 0 Å². The quantitative estimate of drug-likeness (QED) is 0.378. The zero-order valence-electron chi connectivity index (χ0n) is 23.5. The topological polar surface area (TPSA) is 61.4 Å². The lowest BCUT2D eigenvalue weighted by atomic mass is 9.62. The van der Waals surface area contributed by atoms with Crippen LogP contribution in [0, 0.1) is 17.2 Å². The average molecular weight is 611 g/mol. The molecule has 0 bridgehead atoms. The van der Waals surface area contributed by atoms with Gasteiger partial charge in [0.25, 0.3) is 0 Å². The number of benzene rings is 2. The van der Waals surface area contributed by atoms with Crippen LogP contribution in [0.1, 0.15) is 57.1 Å². The number of likely N-dealkylation sites (tertiary alicyclic amines) is 1. The Bertz CT molecular complexity index is 1340. The average Bonchev–Trinajstić information content (AvgIpc) is 3.36. The van der Waals surface area contributed by atoms with Crippen LogP contribution < -0.4 is 10.6 Å². The molecule has 2 aromatic rings. The van der Waals surface area contributed by atoms with Crippen molar-refractivity contribution in [2.24, 2.45) is 11.3 Å². The van der Waals surface area contributed by atoms with Crippen molar-refractivity contribution in [1.82, 2.24) is 10.2 Å². The Morgan fingerprint density at radius 3 is 2.63 bits per heavy atom. The molecule has 2 saturated heterocycles. The number of halogens is 5. The van der Waals surface area contributed by atoms with Crippen LogP contribution in [0.2, 0.25) is 10.0 Å². The zero-order valence-corrected chi connectivity index (χ0v) is 25.0. The van der Waals surface area contributed by atoms with E-state index in [0.29, 0.717) is 35.7 Å². The van der Waals surface area contributed by atoms with Gasteiger partial charge in [0.1, 0.15) is 24.1 Å². The summed E-state index contributed by atoms with van der Waals surface area (Å²) in [5, 5.41) is 6.74. The van der Waals surface area contributed by atoms with E-state index in [0.717, 1.165) is 0 Å². The van der Waals surface area contributed by atoms with Gasteiger partial charge in [-0.2, -0.15) is 0 Å². The molecule has 2 N–H and O–H groups in total. The number of nitrogens with one attached hydrogen (secondary N) is 2. The Balaban J connectivity index is 1.61. The Kier molecular flexibility index (Phi) is 8.52. The Labute approximate surface area is 249 Å². The van der Waals surface area contributed by atoms with E-state index in [4.69, 9.17) is 23.2 Å². The lowest BCUT2D eigenvalue weighted by Crippen LogP contribution is -2.49. The maximum absolute atomic E-state index is 15.9. The zero-order chi connectivity index (χ0) is 29.7. The lowest BCUT2D eigenvalue weighted by Gasteiger charge is -2.38. The first kappa shape index (κ1) is 30.3. The number of rotatable bonds is 7. The summed E-state index contributed by atoms with van der Waals surface area (Å²) in [6.07, 6.45) is -0.458. The Morgan fingerprint density at radius 2 is 1.95 bits per heavy atom. The van der Waals surface area contributed by atoms with Crippen molar-refractivity contribution >= 4 is 40.6 Å². The van der Waals surface area contributed by atoms with Crippen molar-refractivity contribution in [3.8, 4) is 0 Å². The van der Waals surface area contributed by atoms with Gasteiger partial charge in [-0.1, -0.05) is 62.2 Å². The maximum Gasteiger partial charge on any atom is 0.237 e. The highest BCUT2D eigenvalue weighted by Crippen LogP contribution is 2.57. The molecule has 3 aliphatic rings. The molecule has 222 valence electrons. The minimum absolute atomic E-state index is 0.0689. The predicted molar refractivity (Wildman–Crippen MR) is 156 cm³/mol. The van der Waals surface area contributed by atoms with Crippen LogP contribution >= 0.6 is 23.2 Å². The van der Waals surface area contributed by atoms with Gasteiger partial charge >= 0.3 is 0 Å². The number of ketones is 1. The fourth-order valence-electron chi connectivity index (χ4n) is 7.16. The second kappa shape index (κ2) is 11.5. The molecular weight excluding hydrogens is 574 g/mol. The summed E-state index contributed by atoms with van der Waals surface area (Å²) < 4.78 is 43.9. The van der Waals surface area contributed by atoms with Crippen molar-refractivity contribution < 1.29 is 22.8 Å². The van der Waals surface area contributed by atoms with Crippen LogP contribution in [0.4, 0.5) is 18.9 Å². The summed E-state index contributed by atoms with van der Waals surface area (Å²) in [7, 11) is 0. The number of nitrogens with zero attached hydrogens (tertiary/aromatic N) is 1. The number of hydrogen-bond acceptors (Lipinski definition) is 4. The van der Waals surface area contributed by atoms with E-state index in [1.165, 1.54) is 6.07 Å². The molecule has 6 atom stereocenters. The third-order valence-corrected chi connectivity index (χ3v) is 9.44. The second-order valence-corrected chi connectivity index (χ2v) is 13.7. The van der Waals surface area contributed by atoms with Crippen molar-refractivity contribution in [2.75, 3.05) is 31.6 Å². The molecule has 5 rings (SSSR count). The van der Waals surface area contributed by atoms with Gasteiger partial charge in [-0.25, -0.2) is 13.2 Å². The fraction of sp³-hybridized carbons (Fsp3) is 0.548. The molecule has 10 heteroatoms. The van der Waals surface area contributed by atoms with Crippen LogP contribution in [0.5, 0.6) is 0 Å². The summed E-state index contributed by atoms with van der Waals surface area (Å²) in [5.41, 5.74) is -0.294. The number of piperidine rings is 1. The minimum Gasteiger partial charge on any atom is -0.325 e. The second-order valence-electron chi connectivity index (χ2n) is 12.8. The standard InChI is InChI=1S/C31H36Cl2F3N3O2/c1-30(2,3)15-25-31(20-8-7-18(32)14-23(20)37-29(31)41)26(19-5-4-6-21(33)27(19)36)28(38-25)24(40)13-17-9-11-39(12-10-34)16-22(17)35/h4-8,14,17,22,25-26,28,38H,9-13,15-16H2,1-3H3,(H,37,41)/t17?,22-,25+,26-,28-,31-/m0/s1. The predicted octanol–water partition coefficient (Wildman–Crippen LogP) is 6.47. The molecule has 3 aliphatic heterocycles. The van der Waals surface area contributed by atoms with E-state index in [1.807, 2.05) is 20.8 Å². The Morgan fingerprint density at radius 1 is 1.20 bits per heavy atom. The molecule has 1 amide bonds. The number of amides is 1.